The number of hydrogen-bond acceptors (Lipinski definition) is 2. The van der Waals surface area contributed by atoms with Gasteiger partial charge in [0.15, 0.2) is 17.1 Å². The highest BCUT2D eigenvalue weighted by Crippen LogP contribution is 2.08. The van der Waals surface area contributed by atoms with E-state index in [1.807, 2.05) is 0 Å². The van der Waals surface area contributed by atoms with Crippen molar-refractivity contribution in [1.82, 2.24) is 10.3 Å². The van der Waals surface area contributed by atoms with E-state index in [1.165, 1.54) is 18.3 Å². The van der Waals surface area contributed by atoms with Gasteiger partial charge in [-0.2, -0.15) is 0 Å². The fourth-order valence-corrected chi connectivity index (χ4v) is 1.68. The number of halogens is 2. The molecule has 0 spiro atoms. The smallest absolute Gasteiger partial charge is 0.257 e. The van der Waals surface area contributed by atoms with Gasteiger partial charge in [-0.3, -0.25) is 9.59 Å². The van der Waals surface area contributed by atoms with Gasteiger partial charge in [-0.1, -0.05) is 6.07 Å². The van der Waals surface area contributed by atoms with Crippen LogP contribution in [0.4, 0.5) is 8.78 Å². The summed E-state index contributed by atoms with van der Waals surface area (Å²) in [6.07, 6.45) is 1.32. The van der Waals surface area contributed by atoms with Crippen LogP contribution < -0.4 is 10.7 Å². The summed E-state index contributed by atoms with van der Waals surface area (Å²) in [5.41, 5.74) is 0.621. The zero-order valence-corrected chi connectivity index (χ0v) is 10.7. The number of nitrogens with one attached hydrogen (secondary N) is 2. The van der Waals surface area contributed by atoms with Gasteiger partial charge in [0.1, 0.15) is 5.56 Å². The zero-order chi connectivity index (χ0) is 14.7. The third-order valence-electron chi connectivity index (χ3n) is 2.74. The van der Waals surface area contributed by atoms with Crippen molar-refractivity contribution in [2.24, 2.45) is 0 Å². The van der Waals surface area contributed by atoms with E-state index >= 15 is 0 Å². The molecule has 0 unspecified atom stereocenters. The lowest BCUT2D eigenvalue weighted by Crippen LogP contribution is -2.28. The molecule has 1 aromatic heterocycles. The quantitative estimate of drug-likeness (QED) is 0.900. The van der Waals surface area contributed by atoms with Gasteiger partial charge in [-0.25, -0.2) is 8.78 Å². The summed E-state index contributed by atoms with van der Waals surface area (Å²) in [5, 5.41) is 2.47. The van der Waals surface area contributed by atoms with Crippen molar-refractivity contribution in [2.45, 2.75) is 13.5 Å². The third-order valence-corrected chi connectivity index (χ3v) is 2.74. The zero-order valence-electron chi connectivity index (χ0n) is 10.7. The number of aromatic nitrogens is 1. The molecule has 104 valence electrons. The molecule has 1 aromatic carbocycles. The van der Waals surface area contributed by atoms with Gasteiger partial charge >= 0.3 is 0 Å². The molecule has 0 aliphatic heterocycles. The number of carbonyl (C=O) groups excluding carboxylic acids is 1. The molecule has 0 aliphatic rings. The summed E-state index contributed by atoms with van der Waals surface area (Å²) < 4.78 is 25.7. The van der Waals surface area contributed by atoms with Crippen molar-refractivity contribution in [3.63, 3.8) is 0 Å². The molecule has 6 heteroatoms. The average molecular weight is 278 g/mol. The second-order valence-electron chi connectivity index (χ2n) is 4.33. The van der Waals surface area contributed by atoms with Gasteiger partial charge in [0, 0.05) is 24.5 Å². The average Bonchev–Trinajstić information content (AvgIpc) is 2.40. The summed E-state index contributed by atoms with van der Waals surface area (Å²) >= 11 is 0. The number of benzene rings is 1. The van der Waals surface area contributed by atoms with E-state index < -0.39 is 23.0 Å². The van der Waals surface area contributed by atoms with Crippen LogP contribution in [-0.4, -0.2) is 10.9 Å². The first kappa shape index (κ1) is 13.9. The molecule has 0 bridgehead atoms. The molecular weight excluding hydrogens is 266 g/mol. The number of hydrogen-bond donors (Lipinski definition) is 2. The number of aromatic amines is 1. The Balaban J connectivity index is 2.08. The Morgan fingerprint density at radius 3 is 2.65 bits per heavy atom. The third kappa shape index (κ3) is 3.09. The lowest BCUT2D eigenvalue weighted by atomic mass is 10.2. The molecule has 1 amide bonds. The molecule has 0 radical (unpaired) electrons. The molecule has 0 saturated heterocycles. The van der Waals surface area contributed by atoms with E-state index in [4.69, 9.17) is 0 Å². The van der Waals surface area contributed by atoms with Crippen molar-refractivity contribution in [3.8, 4) is 0 Å². The number of rotatable bonds is 3. The Bertz CT molecular complexity index is 711. The highest BCUT2D eigenvalue weighted by Gasteiger charge is 2.10. The van der Waals surface area contributed by atoms with E-state index in [9.17, 15) is 18.4 Å². The largest absolute Gasteiger partial charge is 0.364 e. The molecule has 2 aromatic rings. The van der Waals surface area contributed by atoms with E-state index in [0.29, 0.717) is 11.3 Å². The van der Waals surface area contributed by atoms with Crippen molar-refractivity contribution in [1.29, 1.82) is 0 Å². The second-order valence-corrected chi connectivity index (χ2v) is 4.33. The second kappa shape index (κ2) is 5.64. The summed E-state index contributed by atoms with van der Waals surface area (Å²) in [7, 11) is 0. The molecule has 4 nitrogen and oxygen atoms in total. The molecule has 1 heterocycles. The van der Waals surface area contributed by atoms with Crippen LogP contribution in [0.5, 0.6) is 0 Å². The Morgan fingerprint density at radius 1 is 1.25 bits per heavy atom. The summed E-state index contributed by atoms with van der Waals surface area (Å²) in [4.78, 5) is 26.2. The minimum Gasteiger partial charge on any atom is -0.364 e. The van der Waals surface area contributed by atoms with Crippen LogP contribution >= 0.6 is 0 Å². The van der Waals surface area contributed by atoms with Crippen LogP contribution in [0, 0.1) is 18.6 Å². The fourth-order valence-electron chi connectivity index (χ4n) is 1.68. The Hall–Kier alpha value is -2.50. The topological polar surface area (TPSA) is 62.0 Å². The van der Waals surface area contributed by atoms with Gasteiger partial charge in [-0.15, -0.1) is 0 Å². The van der Waals surface area contributed by atoms with E-state index in [0.717, 1.165) is 12.1 Å². The van der Waals surface area contributed by atoms with Gasteiger partial charge in [0.2, 0.25) is 0 Å². The van der Waals surface area contributed by atoms with Crippen LogP contribution in [0.15, 0.2) is 35.3 Å². The Morgan fingerprint density at radius 2 is 2.00 bits per heavy atom. The molecule has 0 fully saturated rings. The normalized spacial score (nSPS) is 10.3. The summed E-state index contributed by atoms with van der Waals surface area (Å²) in [5.74, 6) is -2.50. The van der Waals surface area contributed by atoms with Crippen molar-refractivity contribution in [2.75, 3.05) is 0 Å². The van der Waals surface area contributed by atoms with Gasteiger partial charge in [0.05, 0.1) is 0 Å². The van der Waals surface area contributed by atoms with E-state index in [2.05, 4.69) is 10.3 Å². The van der Waals surface area contributed by atoms with Gasteiger partial charge < -0.3 is 10.3 Å². The standard InChI is InChI=1S/C14H12F2N2O2/c1-8-4-13(19)10(7-17-8)14(20)18-6-9-2-3-11(15)12(16)5-9/h2-5,7H,6H2,1H3,(H,17,19)(H,18,20). The van der Waals surface area contributed by atoms with E-state index in [-0.39, 0.29) is 12.1 Å². The van der Waals surface area contributed by atoms with Crippen molar-refractivity contribution < 1.29 is 13.6 Å². The molecule has 0 saturated carbocycles. The summed E-state index contributed by atoms with van der Waals surface area (Å²) in [6.45, 7) is 1.70. The Labute approximate surface area is 113 Å². The number of amides is 1. The van der Waals surface area contributed by atoms with Crippen LogP contribution in [-0.2, 0) is 6.54 Å². The van der Waals surface area contributed by atoms with Crippen LogP contribution in [0.2, 0.25) is 0 Å². The van der Waals surface area contributed by atoms with Crippen LogP contribution in [0.1, 0.15) is 21.6 Å². The first-order valence-electron chi connectivity index (χ1n) is 5.89. The van der Waals surface area contributed by atoms with Gasteiger partial charge in [0.25, 0.3) is 5.91 Å². The van der Waals surface area contributed by atoms with Crippen LogP contribution in [0.3, 0.4) is 0 Å². The number of H-pyrrole nitrogens is 1. The van der Waals surface area contributed by atoms with Crippen LogP contribution in [0.25, 0.3) is 0 Å². The first-order valence-corrected chi connectivity index (χ1v) is 5.89. The number of carbonyl (C=O) groups is 1. The van der Waals surface area contributed by atoms with Gasteiger partial charge in [-0.05, 0) is 24.6 Å². The lowest BCUT2D eigenvalue weighted by Gasteiger charge is -2.05. The minimum atomic E-state index is -0.982. The maximum absolute atomic E-state index is 13.0. The molecule has 2 N–H and O–H groups in total. The Kier molecular flexibility index (Phi) is 3.93. The first-order chi connectivity index (χ1) is 9.47. The van der Waals surface area contributed by atoms with E-state index in [1.54, 1.807) is 6.92 Å². The summed E-state index contributed by atoms with van der Waals surface area (Å²) in [6, 6.07) is 4.65. The molecular formula is C14H12F2N2O2. The highest BCUT2D eigenvalue weighted by molar-refractivity contribution is 5.93. The maximum Gasteiger partial charge on any atom is 0.257 e. The minimum absolute atomic E-state index is 0.00332. The maximum atomic E-state index is 13.0. The lowest BCUT2D eigenvalue weighted by molar-refractivity contribution is 0.0949. The molecule has 0 atom stereocenters. The fraction of sp³-hybridized carbons (Fsp3) is 0.143. The monoisotopic (exact) mass is 278 g/mol. The predicted molar refractivity (Wildman–Crippen MR) is 69.3 cm³/mol. The number of aryl methyl sites for hydroxylation is 1. The highest BCUT2D eigenvalue weighted by atomic mass is 19.2. The molecule has 2 rings (SSSR count). The molecule has 20 heavy (non-hydrogen) atoms. The van der Waals surface area contributed by atoms with Crippen molar-refractivity contribution >= 4 is 5.91 Å². The van der Waals surface area contributed by atoms with Crippen molar-refractivity contribution in [3.05, 3.63) is 69.1 Å². The molecule has 0 aliphatic carbocycles. The predicted octanol–water partition coefficient (Wildman–Crippen LogP) is 1.89. The number of pyridine rings is 1. The SMILES string of the molecule is Cc1cc(=O)c(C(=O)NCc2ccc(F)c(F)c2)c[nH]1.